The minimum atomic E-state index is -0.391. The lowest BCUT2D eigenvalue weighted by atomic mass is 10.4. The van der Waals surface area contributed by atoms with Crippen LogP contribution in [0.5, 0.6) is 0 Å². The summed E-state index contributed by atoms with van der Waals surface area (Å²) < 4.78 is 0. The van der Waals surface area contributed by atoms with Crippen LogP contribution in [0.2, 0.25) is 0 Å². The van der Waals surface area contributed by atoms with Crippen LogP contribution in [0.3, 0.4) is 0 Å². The topological polar surface area (TPSA) is 122 Å². The largest absolute Gasteiger partial charge is 0.386 e. The van der Waals surface area contributed by atoms with Gasteiger partial charge in [-0.15, -0.1) is 0 Å². The smallest absolute Gasteiger partial charge is 0.280 e. The summed E-state index contributed by atoms with van der Waals surface area (Å²) in [5, 5.41) is 2.83. The van der Waals surface area contributed by atoms with E-state index in [2.05, 4.69) is 20.3 Å². The molecule has 1 aromatic heterocycles. The van der Waals surface area contributed by atoms with E-state index in [1.54, 1.807) is 0 Å². The number of nitrogens with two attached hydrogens (primary N) is 2. The molecule has 0 bridgehead atoms. The number of fused-ring (bicyclic) bond motifs is 1. The van der Waals surface area contributed by atoms with Gasteiger partial charge in [0.1, 0.15) is 5.84 Å². The van der Waals surface area contributed by atoms with Gasteiger partial charge in [-0.3, -0.25) is 9.78 Å². The molecular weight excluding hydrogens is 172 g/mol. The maximum atomic E-state index is 11.3. The molecule has 68 valence electrons. The molecule has 0 amide bonds. The summed E-state index contributed by atoms with van der Waals surface area (Å²) in [7, 11) is 0. The molecule has 0 spiro atoms. The van der Waals surface area contributed by atoms with Crippen LogP contribution in [-0.4, -0.2) is 22.3 Å². The Morgan fingerprint density at radius 1 is 1.38 bits per heavy atom. The van der Waals surface area contributed by atoms with Crippen LogP contribution in [0.4, 0.5) is 17.5 Å². The first-order valence-corrected chi connectivity index (χ1v) is 3.63. The van der Waals surface area contributed by atoms with Crippen LogP contribution in [0.25, 0.3) is 0 Å². The Morgan fingerprint density at radius 2 is 2.15 bits per heavy atom. The lowest BCUT2D eigenvalue weighted by Crippen LogP contribution is -2.28. The Hall–Kier alpha value is -2.05. The van der Waals surface area contributed by atoms with Gasteiger partial charge >= 0.3 is 0 Å². The number of hydrogen-bond donors (Lipinski definition) is 4. The summed E-state index contributed by atoms with van der Waals surface area (Å²) in [6.07, 6.45) is 0. The number of hydrogen-bond acceptors (Lipinski definition) is 6. The fourth-order valence-electron chi connectivity index (χ4n) is 1.07. The molecular formula is C6H8N6O. The minimum absolute atomic E-state index is 0.0620. The standard InChI is InChI=1S/C6H8N6O/c7-2-1-9-4-3(10-2)5(13)12-6(8)11-4/h1H2,(H2,7,10)(H4,8,9,11,12,13). The van der Waals surface area contributed by atoms with Crippen molar-refractivity contribution in [2.45, 2.75) is 0 Å². The molecule has 0 radical (unpaired) electrons. The number of nitrogen functional groups attached to an aromatic ring is 1. The zero-order valence-electron chi connectivity index (χ0n) is 6.66. The summed E-state index contributed by atoms with van der Waals surface area (Å²) in [5.74, 6) is 0.784. The van der Waals surface area contributed by atoms with E-state index in [-0.39, 0.29) is 11.6 Å². The number of nitrogens with zero attached hydrogens (tertiary/aromatic N) is 2. The Morgan fingerprint density at radius 3 is 2.92 bits per heavy atom. The van der Waals surface area contributed by atoms with Gasteiger partial charge in [-0.25, -0.2) is 4.99 Å². The van der Waals surface area contributed by atoms with E-state index in [0.717, 1.165) is 0 Å². The monoisotopic (exact) mass is 180 g/mol. The molecule has 0 atom stereocenters. The molecule has 0 aliphatic carbocycles. The molecule has 0 unspecified atom stereocenters. The highest BCUT2D eigenvalue weighted by molar-refractivity contribution is 5.91. The van der Waals surface area contributed by atoms with E-state index in [4.69, 9.17) is 11.5 Å². The maximum Gasteiger partial charge on any atom is 0.280 e. The summed E-state index contributed by atoms with van der Waals surface area (Å²) in [5.41, 5.74) is 10.6. The van der Waals surface area contributed by atoms with E-state index in [1.165, 1.54) is 0 Å². The van der Waals surface area contributed by atoms with Crippen LogP contribution in [0.15, 0.2) is 9.79 Å². The second-order valence-electron chi connectivity index (χ2n) is 2.61. The summed E-state index contributed by atoms with van der Waals surface area (Å²) in [4.78, 5) is 21.3. The van der Waals surface area contributed by atoms with Crippen molar-refractivity contribution < 1.29 is 0 Å². The SMILES string of the molecule is NC1=Nc2c(nc(N)[nH]c2=O)NC1. The predicted octanol–water partition coefficient (Wildman–Crippen LogP) is -1.23. The van der Waals surface area contributed by atoms with Crippen LogP contribution in [0, 0.1) is 0 Å². The zero-order valence-corrected chi connectivity index (χ0v) is 6.66. The molecule has 2 heterocycles. The Labute approximate surface area is 72.9 Å². The first-order valence-electron chi connectivity index (χ1n) is 3.63. The van der Waals surface area contributed by atoms with Crippen molar-refractivity contribution in [1.29, 1.82) is 0 Å². The number of amidine groups is 1. The van der Waals surface area contributed by atoms with Gasteiger partial charge in [0.2, 0.25) is 5.95 Å². The van der Waals surface area contributed by atoms with E-state index >= 15 is 0 Å². The third-order valence-electron chi connectivity index (χ3n) is 1.61. The van der Waals surface area contributed by atoms with E-state index in [9.17, 15) is 4.79 Å². The number of aliphatic imine (C=N–C) groups is 1. The third-order valence-corrected chi connectivity index (χ3v) is 1.61. The predicted molar refractivity (Wildman–Crippen MR) is 49.0 cm³/mol. The van der Waals surface area contributed by atoms with Crippen LogP contribution >= 0.6 is 0 Å². The molecule has 1 aliphatic heterocycles. The van der Waals surface area contributed by atoms with Crippen molar-refractivity contribution in [2.75, 3.05) is 17.6 Å². The highest BCUT2D eigenvalue weighted by Crippen LogP contribution is 2.19. The quantitative estimate of drug-likeness (QED) is 0.398. The van der Waals surface area contributed by atoms with Gasteiger partial charge in [-0.2, -0.15) is 4.98 Å². The molecule has 0 saturated heterocycles. The highest BCUT2D eigenvalue weighted by atomic mass is 16.1. The molecule has 7 heteroatoms. The lowest BCUT2D eigenvalue weighted by Gasteiger charge is -2.12. The Kier molecular flexibility index (Phi) is 1.44. The number of anilines is 2. The van der Waals surface area contributed by atoms with Gasteiger partial charge in [0, 0.05) is 0 Å². The molecule has 1 aliphatic rings. The van der Waals surface area contributed by atoms with E-state index in [1.807, 2.05) is 0 Å². The average molecular weight is 180 g/mol. The van der Waals surface area contributed by atoms with Crippen molar-refractivity contribution >= 4 is 23.3 Å². The summed E-state index contributed by atoms with van der Waals surface area (Å²) in [6.45, 7) is 0.378. The molecule has 13 heavy (non-hydrogen) atoms. The fraction of sp³-hybridized carbons (Fsp3) is 0.167. The maximum absolute atomic E-state index is 11.3. The van der Waals surface area contributed by atoms with E-state index in [0.29, 0.717) is 18.2 Å². The molecule has 7 nitrogen and oxygen atoms in total. The van der Waals surface area contributed by atoms with Gasteiger partial charge in [0.05, 0.1) is 6.54 Å². The number of nitrogens with one attached hydrogen (secondary N) is 2. The highest BCUT2D eigenvalue weighted by Gasteiger charge is 2.14. The van der Waals surface area contributed by atoms with Gasteiger partial charge in [0.25, 0.3) is 5.56 Å². The lowest BCUT2D eigenvalue weighted by molar-refractivity contribution is 1.09. The van der Waals surface area contributed by atoms with Crippen molar-refractivity contribution in [2.24, 2.45) is 10.7 Å². The van der Waals surface area contributed by atoms with Crippen molar-refractivity contribution in [3.63, 3.8) is 0 Å². The second kappa shape index (κ2) is 2.47. The van der Waals surface area contributed by atoms with Gasteiger partial charge < -0.3 is 16.8 Å². The zero-order chi connectivity index (χ0) is 9.42. The van der Waals surface area contributed by atoms with Gasteiger partial charge in [0.15, 0.2) is 11.5 Å². The van der Waals surface area contributed by atoms with Crippen LogP contribution in [0.1, 0.15) is 0 Å². The minimum Gasteiger partial charge on any atom is -0.386 e. The van der Waals surface area contributed by atoms with Crippen molar-refractivity contribution in [3.05, 3.63) is 10.4 Å². The second-order valence-corrected chi connectivity index (χ2v) is 2.61. The number of aromatic nitrogens is 2. The van der Waals surface area contributed by atoms with Crippen molar-refractivity contribution in [3.8, 4) is 0 Å². The average Bonchev–Trinajstić information content (AvgIpc) is 2.06. The first-order chi connectivity index (χ1) is 6.16. The fourth-order valence-corrected chi connectivity index (χ4v) is 1.07. The van der Waals surface area contributed by atoms with Crippen molar-refractivity contribution in [1.82, 2.24) is 9.97 Å². The van der Waals surface area contributed by atoms with Crippen LogP contribution < -0.4 is 22.3 Å². The number of H-pyrrole nitrogens is 1. The third kappa shape index (κ3) is 1.19. The van der Waals surface area contributed by atoms with Gasteiger partial charge in [-0.05, 0) is 0 Å². The summed E-state index contributed by atoms with van der Waals surface area (Å²) in [6, 6.07) is 0. The Balaban J connectivity index is 2.68. The number of aromatic amines is 1. The molecule has 0 fully saturated rings. The normalized spacial score (nSPS) is 14.3. The molecule has 2 rings (SSSR count). The molecule has 1 aromatic rings. The van der Waals surface area contributed by atoms with E-state index < -0.39 is 5.56 Å². The van der Waals surface area contributed by atoms with Crippen LogP contribution in [-0.2, 0) is 0 Å². The molecule has 6 N–H and O–H groups in total. The summed E-state index contributed by atoms with van der Waals surface area (Å²) >= 11 is 0. The van der Waals surface area contributed by atoms with Gasteiger partial charge in [-0.1, -0.05) is 0 Å². The Bertz CT molecular complexity index is 433. The first kappa shape index (κ1) is 7.59. The number of rotatable bonds is 0. The molecule has 0 saturated carbocycles. The molecule has 0 aromatic carbocycles.